The van der Waals surface area contributed by atoms with Crippen molar-refractivity contribution in [1.29, 1.82) is 0 Å². The van der Waals surface area contributed by atoms with E-state index in [-0.39, 0.29) is 0 Å². The van der Waals surface area contributed by atoms with Gasteiger partial charge in [-0.15, -0.1) is 0 Å². The van der Waals surface area contributed by atoms with Crippen molar-refractivity contribution in [2.75, 3.05) is 26.2 Å². The Bertz CT molecular complexity index is 344. The van der Waals surface area contributed by atoms with Gasteiger partial charge in [0.25, 0.3) is 0 Å². The van der Waals surface area contributed by atoms with E-state index in [1.165, 1.54) is 30.4 Å². The molecule has 0 aliphatic carbocycles. The van der Waals surface area contributed by atoms with Gasteiger partial charge < -0.3 is 10.6 Å². The molecule has 1 aromatic rings. The molecule has 0 spiro atoms. The van der Waals surface area contributed by atoms with Crippen LogP contribution in [0.2, 0.25) is 0 Å². The van der Waals surface area contributed by atoms with E-state index >= 15 is 0 Å². The van der Waals surface area contributed by atoms with E-state index in [1.54, 1.807) is 0 Å². The van der Waals surface area contributed by atoms with Crippen LogP contribution in [0.3, 0.4) is 0 Å². The molecule has 19 heavy (non-hydrogen) atoms. The molecule has 0 radical (unpaired) electrons. The topological polar surface area (TPSA) is 24.1 Å². The maximum absolute atomic E-state index is 3.47. The summed E-state index contributed by atoms with van der Waals surface area (Å²) < 4.78 is 0. The Morgan fingerprint density at radius 2 is 1.74 bits per heavy atom. The molecule has 2 N–H and O–H groups in total. The predicted molar refractivity (Wildman–Crippen MR) is 85.4 cm³/mol. The molecule has 1 aromatic carbocycles. The van der Waals surface area contributed by atoms with Crippen molar-refractivity contribution in [1.82, 2.24) is 10.6 Å². The molecule has 0 heterocycles. The second-order valence-electron chi connectivity index (χ2n) is 5.04. The number of hydrogen-bond donors (Lipinski definition) is 2. The van der Waals surface area contributed by atoms with Gasteiger partial charge in [-0.2, -0.15) is 0 Å². The summed E-state index contributed by atoms with van der Waals surface area (Å²) in [6.07, 6.45) is 6.16. The van der Waals surface area contributed by atoms with Gasteiger partial charge in [-0.3, -0.25) is 0 Å². The van der Waals surface area contributed by atoms with Crippen LogP contribution < -0.4 is 10.6 Å². The minimum absolute atomic E-state index is 0.964. The normalized spacial score (nSPS) is 11.8. The summed E-state index contributed by atoms with van der Waals surface area (Å²) in [6, 6.07) is 10.5. The van der Waals surface area contributed by atoms with E-state index in [0.717, 1.165) is 26.2 Å². The first kappa shape index (κ1) is 15.9. The largest absolute Gasteiger partial charge is 0.315 e. The number of unbranched alkanes of at least 4 members (excludes halogenated alkanes) is 2. The van der Waals surface area contributed by atoms with Crippen molar-refractivity contribution in [2.24, 2.45) is 0 Å². The highest BCUT2D eigenvalue weighted by atomic mass is 14.9. The molecular formula is C17H28N2. The zero-order valence-corrected chi connectivity index (χ0v) is 12.4. The van der Waals surface area contributed by atoms with E-state index in [9.17, 15) is 0 Å². The minimum Gasteiger partial charge on any atom is -0.315 e. The third-order valence-corrected chi connectivity index (χ3v) is 3.05. The molecule has 0 bridgehead atoms. The molecule has 1 rings (SSSR count). The number of nitrogens with one attached hydrogen (secondary N) is 2. The zero-order valence-electron chi connectivity index (χ0n) is 12.4. The molecule has 0 amide bonds. The van der Waals surface area contributed by atoms with Crippen LogP contribution in [0.4, 0.5) is 0 Å². The third kappa shape index (κ3) is 8.57. The van der Waals surface area contributed by atoms with Gasteiger partial charge in [0.1, 0.15) is 0 Å². The molecule has 2 heteroatoms. The van der Waals surface area contributed by atoms with Gasteiger partial charge in [-0.05, 0) is 25.5 Å². The number of rotatable bonds is 10. The number of hydrogen-bond acceptors (Lipinski definition) is 2. The van der Waals surface area contributed by atoms with Crippen LogP contribution in [0.15, 0.2) is 35.9 Å². The van der Waals surface area contributed by atoms with Gasteiger partial charge >= 0.3 is 0 Å². The van der Waals surface area contributed by atoms with E-state index in [2.05, 4.69) is 60.9 Å². The van der Waals surface area contributed by atoms with E-state index in [4.69, 9.17) is 0 Å². The van der Waals surface area contributed by atoms with Crippen molar-refractivity contribution in [3.05, 3.63) is 41.5 Å². The highest BCUT2D eigenvalue weighted by Gasteiger charge is 1.92. The van der Waals surface area contributed by atoms with Crippen molar-refractivity contribution in [3.63, 3.8) is 0 Å². The van der Waals surface area contributed by atoms with E-state index in [0.29, 0.717) is 0 Å². The van der Waals surface area contributed by atoms with Crippen LogP contribution in [0.1, 0.15) is 38.7 Å². The second-order valence-corrected chi connectivity index (χ2v) is 5.04. The molecule has 0 saturated heterocycles. The Balaban J connectivity index is 2.04. The first-order valence-corrected chi connectivity index (χ1v) is 7.46. The van der Waals surface area contributed by atoms with E-state index < -0.39 is 0 Å². The van der Waals surface area contributed by atoms with Crippen LogP contribution in [0, 0.1) is 0 Å². The lowest BCUT2D eigenvalue weighted by Crippen LogP contribution is -2.28. The van der Waals surface area contributed by atoms with Crippen LogP contribution >= 0.6 is 0 Å². The molecule has 0 unspecified atom stereocenters. The maximum Gasteiger partial charge on any atom is 0.0165 e. The fourth-order valence-corrected chi connectivity index (χ4v) is 1.97. The van der Waals surface area contributed by atoms with Crippen molar-refractivity contribution >= 4 is 6.08 Å². The van der Waals surface area contributed by atoms with Crippen molar-refractivity contribution < 1.29 is 0 Å². The first-order valence-electron chi connectivity index (χ1n) is 7.46. The predicted octanol–water partition coefficient (Wildman–Crippen LogP) is 3.46. The summed E-state index contributed by atoms with van der Waals surface area (Å²) in [7, 11) is 0. The fourth-order valence-electron chi connectivity index (χ4n) is 1.97. The van der Waals surface area contributed by atoms with Crippen LogP contribution in [-0.4, -0.2) is 26.2 Å². The molecule has 0 atom stereocenters. The fraction of sp³-hybridized carbons (Fsp3) is 0.529. The van der Waals surface area contributed by atoms with Gasteiger partial charge in [-0.25, -0.2) is 0 Å². The zero-order chi connectivity index (χ0) is 13.8. The average Bonchev–Trinajstić information content (AvgIpc) is 2.43. The molecular weight excluding hydrogens is 232 g/mol. The molecule has 0 aromatic heterocycles. The van der Waals surface area contributed by atoms with Gasteiger partial charge in [0.15, 0.2) is 0 Å². The molecule has 106 valence electrons. The summed E-state index contributed by atoms with van der Waals surface area (Å²) in [5.41, 5.74) is 2.65. The third-order valence-electron chi connectivity index (χ3n) is 3.05. The maximum atomic E-state index is 3.47. The molecule has 0 saturated carbocycles. The highest BCUT2D eigenvalue weighted by molar-refractivity contribution is 5.52. The standard InChI is InChI=1S/C17H28N2/c1-3-4-8-11-18-12-13-19-15-16(2)14-17-9-6-5-7-10-17/h5-7,9-10,14,18-19H,3-4,8,11-13,15H2,1-2H3/b16-14+. The highest BCUT2D eigenvalue weighted by Crippen LogP contribution is 2.04. The smallest absolute Gasteiger partial charge is 0.0165 e. The Morgan fingerprint density at radius 1 is 1.00 bits per heavy atom. The van der Waals surface area contributed by atoms with E-state index in [1.807, 2.05) is 0 Å². The summed E-state index contributed by atoms with van der Waals surface area (Å²) in [5, 5.41) is 6.93. The SMILES string of the molecule is CCCCCNCCNC/C(C)=C/c1ccccc1. The van der Waals surface area contributed by atoms with Crippen LogP contribution in [0.5, 0.6) is 0 Å². The molecule has 2 nitrogen and oxygen atoms in total. The Hall–Kier alpha value is -1.12. The van der Waals surface area contributed by atoms with Crippen LogP contribution in [0.25, 0.3) is 6.08 Å². The second kappa shape index (κ2) is 10.8. The van der Waals surface area contributed by atoms with Gasteiger partial charge in [0.2, 0.25) is 0 Å². The summed E-state index contributed by atoms with van der Waals surface area (Å²) >= 11 is 0. The number of benzene rings is 1. The molecule has 0 aliphatic heterocycles. The molecule has 0 aliphatic rings. The molecule has 0 fully saturated rings. The Kier molecular flexibility index (Phi) is 9.03. The average molecular weight is 260 g/mol. The van der Waals surface area contributed by atoms with Gasteiger partial charge in [-0.1, -0.05) is 61.7 Å². The van der Waals surface area contributed by atoms with Gasteiger partial charge in [0.05, 0.1) is 0 Å². The van der Waals surface area contributed by atoms with Gasteiger partial charge in [0, 0.05) is 19.6 Å². The minimum atomic E-state index is 0.964. The van der Waals surface area contributed by atoms with Crippen molar-refractivity contribution in [2.45, 2.75) is 33.1 Å². The lowest BCUT2D eigenvalue weighted by Gasteiger charge is -2.07. The summed E-state index contributed by atoms with van der Waals surface area (Å²) in [5.74, 6) is 0. The first-order chi connectivity index (χ1) is 9.33. The van der Waals surface area contributed by atoms with Crippen LogP contribution in [-0.2, 0) is 0 Å². The Morgan fingerprint density at radius 3 is 2.47 bits per heavy atom. The Labute approximate surface area is 118 Å². The lowest BCUT2D eigenvalue weighted by atomic mass is 10.1. The summed E-state index contributed by atoms with van der Waals surface area (Å²) in [6.45, 7) is 8.62. The lowest BCUT2D eigenvalue weighted by molar-refractivity contribution is 0.592. The van der Waals surface area contributed by atoms with Crippen molar-refractivity contribution in [3.8, 4) is 0 Å². The summed E-state index contributed by atoms with van der Waals surface area (Å²) in [4.78, 5) is 0. The quantitative estimate of drug-likeness (QED) is 0.630. The monoisotopic (exact) mass is 260 g/mol.